The van der Waals surface area contributed by atoms with Crippen LogP contribution in [0.15, 0.2) is 0 Å². The zero-order valence-corrected chi connectivity index (χ0v) is 9.67. The predicted octanol–water partition coefficient (Wildman–Crippen LogP) is 0.344. The molecule has 1 N–H and O–H groups in total. The smallest absolute Gasteiger partial charge is 0.334 e. The molecule has 0 radical (unpaired) electrons. The SMILES string of the molecule is O=C(O)[C@@H]1CN(C(=O)[C@H]2C[C@@H]2C2CC2)CCO1. The fraction of sp³-hybridized carbons (Fsp3) is 0.833. The van der Waals surface area contributed by atoms with E-state index in [1.165, 1.54) is 12.8 Å². The van der Waals surface area contributed by atoms with Crippen molar-refractivity contribution in [1.29, 1.82) is 0 Å². The Labute approximate surface area is 99.7 Å². The standard InChI is InChI=1S/C12H17NO4/c14-11(9-5-8(9)7-1-2-7)13-3-4-17-10(6-13)12(15)16/h7-10H,1-6H2,(H,15,16)/t8-,9+,10+/m1/s1. The van der Waals surface area contributed by atoms with Crippen molar-refractivity contribution in [3.8, 4) is 0 Å². The number of ether oxygens (including phenoxy) is 1. The van der Waals surface area contributed by atoms with Crippen molar-refractivity contribution in [2.45, 2.75) is 25.4 Å². The molecule has 3 fully saturated rings. The third-order valence-electron chi connectivity index (χ3n) is 4.04. The molecular weight excluding hydrogens is 222 g/mol. The number of hydrogen-bond donors (Lipinski definition) is 1. The van der Waals surface area contributed by atoms with E-state index in [2.05, 4.69) is 0 Å². The molecule has 5 heteroatoms. The molecule has 0 bridgehead atoms. The van der Waals surface area contributed by atoms with Gasteiger partial charge in [-0.15, -0.1) is 0 Å². The molecule has 0 aromatic carbocycles. The largest absolute Gasteiger partial charge is 0.479 e. The summed E-state index contributed by atoms with van der Waals surface area (Å²) >= 11 is 0. The van der Waals surface area contributed by atoms with Crippen LogP contribution in [0.2, 0.25) is 0 Å². The second-order valence-corrected chi connectivity index (χ2v) is 5.33. The maximum absolute atomic E-state index is 12.1. The average Bonchev–Trinajstić information content (AvgIpc) is 3.16. The molecule has 17 heavy (non-hydrogen) atoms. The average molecular weight is 239 g/mol. The first-order valence-electron chi connectivity index (χ1n) is 6.30. The lowest BCUT2D eigenvalue weighted by Crippen LogP contribution is -2.49. The number of hydrogen-bond acceptors (Lipinski definition) is 3. The predicted molar refractivity (Wildman–Crippen MR) is 58.3 cm³/mol. The van der Waals surface area contributed by atoms with Crippen LogP contribution in [0, 0.1) is 17.8 Å². The molecule has 1 saturated heterocycles. The monoisotopic (exact) mass is 239 g/mol. The van der Waals surface area contributed by atoms with Crippen LogP contribution in [0.3, 0.4) is 0 Å². The topological polar surface area (TPSA) is 66.8 Å². The van der Waals surface area contributed by atoms with Gasteiger partial charge < -0.3 is 14.7 Å². The number of carboxylic acid groups (broad SMARTS) is 1. The van der Waals surface area contributed by atoms with Crippen LogP contribution in [-0.4, -0.2) is 47.7 Å². The van der Waals surface area contributed by atoms with E-state index in [1.54, 1.807) is 4.90 Å². The van der Waals surface area contributed by atoms with Crippen molar-refractivity contribution in [3.63, 3.8) is 0 Å². The lowest BCUT2D eigenvalue weighted by molar-refractivity contribution is -0.159. The van der Waals surface area contributed by atoms with Gasteiger partial charge in [0.25, 0.3) is 0 Å². The van der Waals surface area contributed by atoms with Gasteiger partial charge >= 0.3 is 5.97 Å². The van der Waals surface area contributed by atoms with E-state index in [9.17, 15) is 9.59 Å². The lowest BCUT2D eigenvalue weighted by Gasteiger charge is -2.31. The van der Waals surface area contributed by atoms with Gasteiger partial charge in [0.2, 0.25) is 5.91 Å². The van der Waals surface area contributed by atoms with Gasteiger partial charge in [0.1, 0.15) is 0 Å². The van der Waals surface area contributed by atoms with Crippen molar-refractivity contribution < 1.29 is 19.4 Å². The molecule has 0 aromatic heterocycles. The van der Waals surface area contributed by atoms with Gasteiger partial charge in [-0.3, -0.25) is 4.79 Å². The summed E-state index contributed by atoms with van der Waals surface area (Å²) in [5, 5.41) is 8.88. The second kappa shape index (κ2) is 3.98. The quantitative estimate of drug-likeness (QED) is 0.771. The maximum atomic E-state index is 12.1. The Morgan fingerprint density at radius 2 is 2.06 bits per heavy atom. The minimum atomic E-state index is -0.975. The summed E-state index contributed by atoms with van der Waals surface area (Å²) in [5.41, 5.74) is 0. The van der Waals surface area contributed by atoms with Gasteiger partial charge in [-0.25, -0.2) is 4.79 Å². The molecule has 3 aliphatic rings. The van der Waals surface area contributed by atoms with Crippen LogP contribution in [0.1, 0.15) is 19.3 Å². The van der Waals surface area contributed by atoms with E-state index >= 15 is 0 Å². The molecule has 0 spiro atoms. The number of carbonyl (C=O) groups is 2. The molecule has 0 aromatic rings. The van der Waals surface area contributed by atoms with E-state index < -0.39 is 12.1 Å². The molecular formula is C12H17NO4. The van der Waals surface area contributed by atoms with Crippen LogP contribution in [0.4, 0.5) is 0 Å². The Morgan fingerprint density at radius 1 is 1.29 bits per heavy atom. The Hall–Kier alpha value is -1.10. The molecule has 2 saturated carbocycles. The highest BCUT2D eigenvalue weighted by molar-refractivity contribution is 5.83. The van der Waals surface area contributed by atoms with Gasteiger partial charge in [0, 0.05) is 12.5 Å². The highest BCUT2D eigenvalue weighted by atomic mass is 16.5. The van der Waals surface area contributed by atoms with Crippen LogP contribution in [0.25, 0.3) is 0 Å². The highest BCUT2D eigenvalue weighted by Crippen LogP contribution is 2.54. The first-order chi connectivity index (χ1) is 8.16. The Bertz CT molecular complexity index is 352. The third-order valence-corrected chi connectivity index (χ3v) is 4.04. The van der Waals surface area contributed by atoms with Gasteiger partial charge in [0.15, 0.2) is 6.10 Å². The number of carbonyl (C=O) groups excluding carboxylic acids is 1. The summed E-state index contributed by atoms with van der Waals surface area (Å²) in [4.78, 5) is 24.7. The number of carboxylic acids is 1. The number of aliphatic carboxylic acids is 1. The number of morpholine rings is 1. The van der Waals surface area contributed by atoms with Crippen LogP contribution in [-0.2, 0) is 14.3 Å². The van der Waals surface area contributed by atoms with Crippen molar-refractivity contribution in [1.82, 2.24) is 4.90 Å². The molecule has 2 aliphatic carbocycles. The molecule has 1 aliphatic heterocycles. The normalized spacial score (nSPS) is 36.7. The van der Waals surface area contributed by atoms with Crippen molar-refractivity contribution in [2.75, 3.05) is 19.7 Å². The van der Waals surface area contributed by atoms with Gasteiger partial charge in [-0.2, -0.15) is 0 Å². The third kappa shape index (κ3) is 2.16. The Morgan fingerprint density at radius 3 is 2.71 bits per heavy atom. The zero-order valence-electron chi connectivity index (χ0n) is 9.67. The van der Waals surface area contributed by atoms with Crippen LogP contribution in [0.5, 0.6) is 0 Å². The van der Waals surface area contributed by atoms with E-state index in [-0.39, 0.29) is 18.4 Å². The van der Waals surface area contributed by atoms with Crippen LogP contribution < -0.4 is 0 Å². The van der Waals surface area contributed by atoms with Crippen molar-refractivity contribution >= 4 is 11.9 Å². The lowest BCUT2D eigenvalue weighted by atomic mass is 10.2. The molecule has 94 valence electrons. The fourth-order valence-corrected chi connectivity index (χ4v) is 2.78. The molecule has 3 rings (SSSR count). The van der Waals surface area contributed by atoms with E-state index in [0.29, 0.717) is 19.1 Å². The fourth-order valence-electron chi connectivity index (χ4n) is 2.78. The molecule has 5 nitrogen and oxygen atoms in total. The summed E-state index contributed by atoms with van der Waals surface area (Å²) < 4.78 is 5.11. The second-order valence-electron chi connectivity index (χ2n) is 5.33. The summed E-state index contributed by atoms with van der Waals surface area (Å²) in [6.45, 7) is 1.09. The van der Waals surface area contributed by atoms with Gasteiger partial charge in [-0.05, 0) is 31.1 Å². The number of rotatable bonds is 3. The Kier molecular flexibility index (Phi) is 2.58. The summed E-state index contributed by atoms with van der Waals surface area (Å²) in [5.74, 6) is 0.720. The minimum Gasteiger partial charge on any atom is -0.479 e. The van der Waals surface area contributed by atoms with Crippen LogP contribution >= 0.6 is 0 Å². The Balaban J connectivity index is 1.56. The first kappa shape index (κ1) is 11.0. The molecule has 0 unspecified atom stereocenters. The molecule has 3 atom stereocenters. The van der Waals surface area contributed by atoms with Crippen molar-refractivity contribution in [3.05, 3.63) is 0 Å². The van der Waals surface area contributed by atoms with Gasteiger partial charge in [0.05, 0.1) is 13.2 Å². The zero-order chi connectivity index (χ0) is 12.0. The van der Waals surface area contributed by atoms with Gasteiger partial charge in [-0.1, -0.05) is 0 Å². The van der Waals surface area contributed by atoms with E-state index in [4.69, 9.17) is 9.84 Å². The first-order valence-corrected chi connectivity index (χ1v) is 6.30. The summed E-state index contributed by atoms with van der Waals surface area (Å²) in [6, 6.07) is 0. The van der Waals surface area contributed by atoms with E-state index in [0.717, 1.165) is 12.3 Å². The molecule has 1 amide bonds. The maximum Gasteiger partial charge on any atom is 0.334 e. The van der Waals surface area contributed by atoms with Crippen molar-refractivity contribution in [2.24, 2.45) is 17.8 Å². The molecule has 1 heterocycles. The minimum absolute atomic E-state index is 0.149. The summed E-state index contributed by atoms with van der Waals surface area (Å²) in [6.07, 6.45) is 2.72. The number of nitrogens with zero attached hydrogens (tertiary/aromatic N) is 1. The highest BCUT2D eigenvalue weighted by Gasteiger charge is 2.52. The van der Waals surface area contributed by atoms with E-state index in [1.807, 2.05) is 0 Å². The number of amides is 1. The summed E-state index contributed by atoms with van der Waals surface area (Å²) in [7, 11) is 0.